The van der Waals surface area contributed by atoms with Gasteiger partial charge in [-0.05, 0) is 74.5 Å². The van der Waals surface area contributed by atoms with Crippen molar-refractivity contribution in [2.24, 2.45) is 24.8 Å². The zero-order valence-electron chi connectivity index (χ0n) is 19.0. The lowest BCUT2D eigenvalue weighted by molar-refractivity contribution is -0.0944. The molecule has 1 amide bonds. The average molecular weight is 496 g/mol. The van der Waals surface area contributed by atoms with Crippen LogP contribution in [0.25, 0.3) is 0 Å². The summed E-state index contributed by atoms with van der Waals surface area (Å²) in [5.74, 6) is -2.86. The number of amides is 1. The highest BCUT2D eigenvalue weighted by Crippen LogP contribution is 2.57. The molecule has 2 unspecified atom stereocenters. The first-order valence-electron chi connectivity index (χ1n) is 11.9. The van der Waals surface area contributed by atoms with Gasteiger partial charge in [0.1, 0.15) is 11.5 Å². The van der Waals surface area contributed by atoms with Crippen LogP contribution < -0.4 is 5.32 Å². The van der Waals surface area contributed by atoms with Gasteiger partial charge in [-0.25, -0.2) is 18.2 Å². The van der Waals surface area contributed by atoms with E-state index in [1.165, 1.54) is 18.2 Å². The van der Waals surface area contributed by atoms with E-state index in [1.54, 1.807) is 17.9 Å². The number of imidazole rings is 1. The third-order valence-electron chi connectivity index (χ3n) is 8.29. The summed E-state index contributed by atoms with van der Waals surface area (Å²) in [4.78, 5) is 17.6. The molecule has 5 nitrogen and oxygen atoms in total. The molecule has 3 aliphatic rings. The second-order valence-electron chi connectivity index (χ2n) is 10.5. The Morgan fingerprint density at radius 3 is 2.47 bits per heavy atom. The Labute approximate surface area is 201 Å². The van der Waals surface area contributed by atoms with Crippen molar-refractivity contribution < 1.29 is 23.1 Å². The molecule has 0 bridgehead atoms. The number of carbonyl (C=O) groups is 1. The van der Waals surface area contributed by atoms with Crippen molar-refractivity contribution in [2.75, 3.05) is 5.32 Å². The van der Waals surface area contributed by atoms with E-state index in [4.69, 9.17) is 11.6 Å². The van der Waals surface area contributed by atoms with Crippen LogP contribution in [-0.2, 0) is 7.05 Å². The number of aliphatic hydroxyl groups is 1. The summed E-state index contributed by atoms with van der Waals surface area (Å²) < 4.78 is 42.3. The second-order valence-corrected chi connectivity index (χ2v) is 10.9. The molecule has 184 valence electrons. The molecule has 3 saturated carbocycles. The van der Waals surface area contributed by atoms with Gasteiger partial charge in [0.05, 0.1) is 22.6 Å². The van der Waals surface area contributed by atoms with Crippen LogP contribution in [-0.4, -0.2) is 32.1 Å². The fraction of sp³-hybridized carbons (Fsp3) is 0.600. The zero-order valence-corrected chi connectivity index (χ0v) is 19.8. The summed E-state index contributed by atoms with van der Waals surface area (Å²) in [7, 11) is 1.76. The molecule has 3 aliphatic carbocycles. The van der Waals surface area contributed by atoms with E-state index in [1.807, 2.05) is 0 Å². The lowest BCUT2D eigenvalue weighted by atomic mass is 9.73. The van der Waals surface area contributed by atoms with E-state index >= 15 is 0 Å². The Morgan fingerprint density at radius 2 is 1.85 bits per heavy atom. The molecule has 2 N–H and O–H groups in total. The number of hydrogen-bond donors (Lipinski definition) is 2. The molecule has 34 heavy (non-hydrogen) atoms. The van der Waals surface area contributed by atoms with Crippen LogP contribution in [0.1, 0.15) is 73.5 Å². The topological polar surface area (TPSA) is 67.1 Å². The number of nitrogens with zero attached hydrogens (tertiary/aromatic N) is 2. The molecule has 3 fully saturated rings. The molecule has 1 aromatic carbocycles. The number of alkyl halides is 2. The van der Waals surface area contributed by atoms with Gasteiger partial charge in [-0.15, -0.1) is 0 Å². The smallest absolute Gasteiger partial charge is 0.274 e. The van der Waals surface area contributed by atoms with Crippen molar-refractivity contribution in [2.45, 2.75) is 68.8 Å². The van der Waals surface area contributed by atoms with Gasteiger partial charge < -0.3 is 15.0 Å². The maximum atomic E-state index is 13.6. The number of anilines is 1. The molecule has 2 atom stereocenters. The van der Waals surface area contributed by atoms with Gasteiger partial charge in [-0.2, -0.15) is 0 Å². The maximum absolute atomic E-state index is 13.6. The lowest BCUT2D eigenvalue weighted by Gasteiger charge is -2.38. The van der Waals surface area contributed by atoms with E-state index in [0.29, 0.717) is 48.9 Å². The molecule has 0 saturated heterocycles. The van der Waals surface area contributed by atoms with Crippen LogP contribution >= 0.6 is 11.6 Å². The number of benzene rings is 1. The predicted molar refractivity (Wildman–Crippen MR) is 123 cm³/mol. The summed E-state index contributed by atoms with van der Waals surface area (Å²) in [6.07, 6.45) is 5.00. The minimum Gasteiger partial charge on any atom is -0.390 e. The van der Waals surface area contributed by atoms with Crippen LogP contribution in [0.15, 0.2) is 24.5 Å². The second kappa shape index (κ2) is 8.55. The monoisotopic (exact) mass is 495 g/mol. The number of aromatic nitrogens is 2. The largest absolute Gasteiger partial charge is 0.390 e. The van der Waals surface area contributed by atoms with Gasteiger partial charge in [0.25, 0.3) is 5.91 Å². The van der Waals surface area contributed by atoms with Crippen molar-refractivity contribution in [3.05, 3.63) is 46.8 Å². The van der Waals surface area contributed by atoms with E-state index in [-0.39, 0.29) is 35.6 Å². The van der Waals surface area contributed by atoms with Gasteiger partial charge >= 0.3 is 0 Å². The molecule has 0 aliphatic heterocycles. The molecule has 2 aromatic rings. The number of halogens is 4. The number of carbonyl (C=O) groups excluding carboxylic acids is 1. The van der Waals surface area contributed by atoms with Gasteiger partial charge in [0.2, 0.25) is 5.92 Å². The Kier molecular flexibility index (Phi) is 5.96. The Balaban J connectivity index is 1.27. The molecule has 1 aromatic heterocycles. The van der Waals surface area contributed by atoms with Crippen LogP contribution in [0.5, 0.6) is 0 Å². The lowest BCUT2D eigenvalue weighted by Crippen LogP contribution is -2.40. The van der Waals surface area contributed by atoms with Crippen LogP contribution in [0.3, 0.4) is 0 Å². The predicted octanol–water partition coefficient (Wildman–Crippen LogP) is 5.93. The van der Waals surface area contributed by atoms with Crippen LogP contribution in [0.2, 0.25) is 5.02 Å². The van der Waals surface area contributed by atoms with Gasteiger partial charge in [0, 0.05) is 31.5 Å². The number of nitrogens with one attached hydrogen (secondary N) is 1. The van der Waals surface area contributed by atoms with Crippen molar-refractivity contribution in [1.82, 2.24) is 9.55 Å². The van der Waals surface area contributed by atoms with Crippen molar-refractivity contribution in [1.29, 1.82) is 0 Å². The van der Waals surface area contributed by atoms with Crippen molar-refractivity contribution in [3.8, 4) is 0 Å². The minimum atomic E-state index is -2.60. The third kappa shape index (κ3) is 4.35. The highest BCUT2D eigenvalue weighted by Gasteiger charge is 2.54. The highest BCUT2D eigenvalue weighted by atomic mass is 35.5. The summed E-state index contributed by atoms with van der Waals surface area (Å²) in [5.41, 5.74) is 0.719. The third-order valence-corrected chi connectivity index (χ3v) is 8.58. The molecular formula is C25H29ClF3N3O2. The summed E-state index contributed by atoms with van der Waals surface area (Å²) in [5, 5.41) is 14.0. The molecule has 0 spiro atoms. The van der Waals surface area contributed by atoms with Crippen LogP contribution in [0, 0.1) is 23.6 Å². The SMILES string of the molecule is Cn1cnc(C2CC3CC(O)(C4CCC(F)(F)CC4)CC3C2)c1C(=O)Nc1ccc(F)c(Cl)c1. The first-order valence-corrected chi connectivity index (χ1v) is 12.3. The fourth-order valence-corrected chi connectivity index (χ4v) is 6.81. The summed E-state index contributed by atoms with van der Waals surface area (Å²) in [6, 6.07) is 4.03. The van der Waals surface area contributed by atoms with Crippen molar-refractivity contribution >= 4 is 23.2 Å². The normalized spacial score (nSPS) is 30.9. The molecule has 5 rings (SSSR count). The first kappa shape index (κ1) is 23.7. The van der Waals surface area contributed by atoms with Gasteiger partial charge in [-0.3, -0.25) is 4.79 Å². The Bertz CT molecular complexity index is 1080. The maximum Gasteiger partial charge on any atom is 0.274 e. The van der Waals surface area contributed by atoms with E-state index in [0.717, 1.165) is 18.5 Å². The fourth-order valence-electron chi connectivity index (χ4n) is 6.63. The molecular weight excluding hydrogens is 467 g/mol. The van der Waals surface area contributed by atoms with Crippen molar-refractivity contribution in [3.63, 3.8) is 0 Å². The van der Waals surface area contributed by atoms with Gasteiger partial charge in [-0.1, -0.05) is 11.6 Å². The average Bonchev–Trinajstić information content (AvgIpc) is 3.41. The summed E-state index contributed by atoms with van der Waals surface area (Å²) in [6.45, 7) is 0. The van der Waals surface area contributed by atoms with E-state index in [9.17, 15) is 23.1 Å². The highest BCUT2D eigenvalue weighted by molar-refractivity contribution is 6.31. The quantitative estimate of drug-likeness (QED) is 0.553. The number of aryl methyl sites for hydroxylation is 1. The van der Waals surface area contributed by atoms with Gasteiger partial charge in [0.15, 0.2) is 0 Å². The van der Waals surface area contributed by atoms with Crippen LogP contribution in [0.4, 0.5) is 18.9 Å². The Morgan fingerprint density at radius 1 is 1.21 bits per heavy atom. The first-order chi connectivity index (χ1) is 16.0. The van der Waals surface area contributed by atoms with E-state index < -0.39 is 17.3 Å². The minimum absolute atomic E-state index is 0.0603. The summed E-state index contributed by atoms with van der Waals surface area (Å²) >= 11 is 5.83. The number of fused-ring (bicyclic) bond motifs is 1. The number of hydrogen-bond acceptors (Lipinski definition) is 3. The van der Waals surface area contributed by atoms with E-state index in [2.05, 4.69) is 10.3 Å². The molecule has 9 heteroatoms. The zero-order chi connectivity index (χ0) is 24.3. The standard InChI is InChI=1S/C25H29ClF3N3O2/c1-32-13-30-21(22(32)23(33)31-18-2-3-20(27)19(26)10-18)14-8-15-11-24(34,12-16(15)9-14)17-4-6-25(28,29)7-5-17/h2-3,10,13-17,34H,4-9,11-12H2,1H3,(H,31,33). The number of rotatable bonds is 4. The molecule has 0 radical (unpaired) electrons. The Hall–Kier alpha value is -2.06. The molecule has 1 heterocycles.